The van der Waals surface area contributed by atoms with Gasteiger partial charge in [-0.05, 0) is 36.6 Å². The van der Waals surface area contributed by atoms with E-state index < -0.39 is 0 Å². The molecule has 1 aliphatic rings. The lowest BCUT2D eigenvalue weighted by Gasteiger charge is -2.32. The van der Waals surface area contributed by atoms with Gasteiger partial charge in [-0.2, -0.15) is 5.10 Å². The molecule has 5 nitrogen and oxygen atoms in total. The molecule has 144 valence electrons. The lowest BCUT2D eigenvalue weighted by Crippen LogP contribution is -2.44. The summed E-state index contributed by atoms with van der Waals surface area (Å²) in [6.07, 6.45) is 1.91. The van der Waals surface area contributed by atoms with Crippen molar-refractivity contribution in [1.82, 2.24) is 20.4 Å². The predicted molar refractivity (Wildman–Crippen MR) is 111 cm³/mol. The van der Waals surface area contributed by atoms with Crippen LogP contribution in [-0.2, 0) is 6.54 Å². The summed E-state index contributed by atoms with van der Waals surface area (Å²) in [6, 6.07) is 19.9. The Labute approximate surface area is 169 Å². The molecule has 1 fully saturated rings. The van der Waals surface area contributed by atoms with Crippen LogP contribution in [-0.4, -0.2) is 40.1 Å². The van der Waals surface area contributed by atoms with Crippen LogP contribution >= 0.6 is 11.6 Å². The lowest BCUT2D eigenvalue weighted by molar-refractivity contribution is 0.0904. The molecule has 0 atom stereocenters. The van der Waals surface area contributed by atoms with Crippen LogP contribution in [0.3, 0.4) is 0 Å². The smallest absolute Gasteiger partial charge is 0.269 e. The van der Waals surface area contributed by atoms with Gasteiger partial charge in [0.2, 0.25) is 0 Å². The van der Waals surface area contributed by atoms with Crippen LogP contribution in [0.4, 0.5) is 0 Å². The van der Waals surface area contributed by atoms with E-state index in [2.05, 4.69) is 44.7 Å². The molecule has 1 aromatic heterocycles. The zero-order valence-corrected chi connectivity index (χ0v) is 16.3. The van der Waals surface area contributed by atoms with Crippen LogP contribution < -0.4 is 5.32 Å². The van der Waals surface area contributed by atoms with E-state index in [0.717, 1.165) is 43.7 Å². The normalized spacial score (nSPS) is 15.5. The number of nitrogens with zero attached hydrogens (tertiary/aromatic N) is 2. The number of aromatic nitrogens is 2. The molecular weight excluding hydrogens is 372 g/mol. The molecule has 0 saturated carbocycles. The number of benzene rings is 2. The molecule has 0 spiro atoms. The molecule has 1 amide bonds. The van der Waals surface area contributed by atoms with Gasteiger partial charge in [-0.25, -0.2) is 0 Å². The van der Waals surface area contributed by atoms with E-state index in [9.17, 15) is 4.79 Å². The van der Waals surface area contributed by atoms with Crippen LogP contribution in [0.2, 0.25) is 5.02 Å². The van der Waals surface area contributed by atoms with E-state index in [-0.39, 0.29) is 11.9 Å². The van der Waals surface area contributed by atoms with E-state index in [1.807, 2.05) is 30.3 Å². The third-order valence-electron chi connectivity index (χ3n) is 5.13. The number of hydrogen-bond acceptors (Lipinski definition) is 3. The number of carbonyl (C=O) groups is 1. The molecule has 1 saturated heterocycles. The van der Waals surface area contributed by atoms with Gasteiger partial charge >= 0.3 is 0 Å². The second-order valence-corrected chi connectivity index (χ2v) is 7.62. The summed E-state index contributed by atoms with van der Waals surface area (Å²) >= 11 is 5.92. The van der Waals surface area contributed by atoms with Gasteiger partial charge in [-0.3, -0.25) is 14.8 Å². The van der Waals surface area contributed by atoms with Crippen LogP contribution in [0.25, 0.3) is 11.3 Å². The number of carbonyl (C=O) groups excluding carboxylic acids is 1. The Kier molecular flexibility index (Phi) is 5.74. The monoisotopic (exact) mass is 394 g/mol. The van der Waals surface area contributed by atoms with Gasteiger partial charge in [-0.15, -0.1) is 0 Å². The lowest BCUT2D eigenvalue weighted by atomic mass is 10.0. The fourth-order valence-electron chi connectivity index (χ4n) is 3.55. The van der Waals surface area contributed by atoms with E-state index in [0.29, 0.717) is 10.7 Å². The maximum atomic E-state index is 12.6. The van der Waals surface area contributed by atoms with Crippen LogP contribution in [0.5, 0.6) is 0 Å². The minimum absolute atomic E-state index is 0.103. The van der Waals surface area contributed by atoms with E-state index in [4.69, 9.17) is 11.6 Å². The number of hydrogen-bond donors (Lipinski definition) is 2. The molecule has 0 radical (unpaired) electrons. The fourth-order valence-corrected chi connectivity index (χ4v) is 3.67. The Balaban J connectivity index is 1.29. The highest BCUT2D eigenvalue weighted by Crippen LogP contribution is 2.20. The van der Waals surface area contributed by atoms with Crippen LogP contribution in [0, 0.1) is 0 Å². The minimum Gasteiger partial charge on any atom is -0.348 e. The summed E-state index contributed by atoms with van der Waals surface area (Å²) in [5.74, 6) is -0.103. The van der Waals surface area contributed by atoms with Crippen molar-refractivity contribution in [1.29, 1.82) is 0 Å². The topological polar surface area (TPSA) is 61.0 Å². The van der Waals surface area contributed by atoms with Gasteiger partial charge in [0.15, 0.2) is 0 Å². The minimum atomic E-state index is -0.103. The second-order valence-electron chi connectivity index (χ2n) is 7.18. The van der Waals surface area contributed by atoms with E-state index in [1.54, 1.807) is 6.07 Å². The quantitative estimate of drug-likeness (QED) is 0.684. The van der Waals surface area contributed by atoms with Crippen LogP contribution in [0.15, 0.2) is 60.7 Å². The average Bonchev–Trinajstić information content (AvgIpc) is 3.21. The summed E-state index contributed by atoms with van der Waals surface area (Å²) in [5, 5.41) is 10.9. The summed E-state index contributed by atoms with van der Waals surface area (Å²) in [5.41, 5.74) is 3.47. The third-order valence-corrected chi connectivity index (χ3v) is 5.39. The zero-order valence-electron chi connectivity index (χ0n) is 15.6. The number of likely N-dealkylation sites (tertiary alicyclic amines) is 1. The van der Waals surface area contributed by atoms with Crippen molar-refractivity contribution in [2.24, 2.45) is 0 Å². The van der Waals surface area contributed by atoms with Gasteiger partial charge in [0.25, 0.3) is 5.91 Å². The van der Waals surface area contributed by atoms with E-state index in [1.165, 1.54) is 5.56 Å². The standard InChI is InChI=1S/C22H23ClN4O/c23-18-8-6-17(7-9-18)20-14-21(26-25-20)22(28)24-19-10-12-27(13-11-19)15-16-4-2-1-3-5-16/h1-9,14,19H,10-13,15H2,(H,24,28)(H,25,26). The molecule has 28 heavy (non-hydrogen) atoms. The number of H-pyrrole nitrogens is 1. The summed E-state index contributed by atoms with van der Waals surface area (Å²) in [4.78, 5) is 15.0. The van der Waals surface area contributed by atoms with Gasteiger partial charge < -0.3 is 5.32 Å². The van der Waals surface area contributed by atoms with Crippen molar-refractivity contribution < 1.29 is 4.79 Å². The van der Waals surface area contributed by atoms with Gasteiger partial charge in [0.05, 0.1) is 5.69 Å². The maximum Gasteiger partial charge on any atom is 0.269 e. The number of rotatable bonds is 5. The predicted octanol–water partition coefficient (Wildman–Crippen LogP) is 4.12. The van der Waals surface area contributed by atoms with Crippen molar-refractivity contribution in [3.05, 3.63) is 76.9 Å². The Morgan fingerprint density at radius 1 is 1.11 bits per heavy atom. The van der Waals surface area contributed by atoms with Crippen molar-refractivity contribution in [3.8, 4) is 11.3 Å². The second kappa shape index (κ2) is 8.59. The molecule has 0 bridgehead atoms. The highest BCUT2D eigenvalue weighted by Gasteiger charge is 2.22. The average molecular weight is 395 g/mol. The molecule has 0 unspecified atom stereocenters. The first-order chi connectivity index (χ1) is 13.7. The Morgan fingerprint density at radius 2 is 1.82 bits per heavy atom. The first-order valence-electron chi connectivity index (χ1n) is 9.56. The SMILES string of the molecule is O=C(NC1CCN(Cc2ccccc2)CC1)c1cc(-c2ccc(Cl)cc2)n[nH]1. The number of amides is 1. The van der Waals surface area contributed by atoms with Crippen LogP contribution in [0.1, 0.15) is 28.9 Å². The van der Waals surface area contributed by atoms with Gasteiger partial charge in [-0.1, -0.05) is 54.1 Å². The number of aromatic amines is 1. The number of piperidine rings is 1. The number of nitrogens with one attached hydrogen (secondary N) is 2. The Morgan fingerprint density at radius 3 is 2.54 bits per heavy atom. The van der Waals surface area contributed by atoms with Gasteiger partial charge in [0, 0.05) is 36.3 Å². The molecule has 2 N–H and O–H groups in total. The fraction of sp³-hybridized carbons (Fsp3) is 0.273. The molecular formula is C22H23ClN4O. The van der Waals surface area contributed by atoms with Gasteiger partial charge in [0.1, 0.15) is 5.69 Å². The van der Waals surface area contributed by atoms with E-state index >= 15 is 0 Å². The molecule has 4 rings (SSSR count). The Bertz CT molecular complexity index is 915. The first-order valence-corrected chi connectivity index (χ1v) is 9.94. The third kappa shape index (κ3) is 4.61. The molecule has 2 aromatic carbocycles. The number of halogens is 1. The van der Waals surface area contributed by atoms with Crippen molar-refractivity contribution in [2.75, 3.05) is 13.1 Å². The van der Waals surface area contributed by atoms with Crippen molar-refractivity contribution >= 4 is 17.5 Å². The summed E-state index contributed by atoms with van der Waals surface area (Å²) in [6.45, 7) is 2.93. The maximum absolute atomic E-state index is 12.6. The largest absolute Gasteiger partial charge is 0.348 e. The summed E-state index contributed by atoms with van der Waals surface area (Å²) < 4.78 is 0. The highest BCUT2D eigenvalue weighted by molar-refractivity contribution is 6.30. The molecule has 1 aliphatic heterocycles. The van der Waals surface area contributed by atoms with Crippen molar-refractivity contribution in [3.63, 3.8) is 0 Å². The summed E-state index contributed by atoms with van der Waals surface area (Å²) in [7, 11) is 0. The Hall–Kier alpha value is -2.63. The van der Waals surface area contributed by atoms with Crippen molar-refractivity contribution in [2.45, 2.75) is 25.4 Å². The molecule has 3 aromatic rings. The molecule has 2 heterocycles. The molecule has 6 heteroatoms. The highest BCUT2D eigenvalue weighted by atomic mass is 35.5. The molecule has 0 aliphatic carbocycles. The first kappa shape index (κ1) is 18.7. The zero-order chi connectivity index (χ0) is 19.3.